The van der Waals surface area contributed by atoms with E-state index in [9.17, 15) is 0 Å². The summed E-state index contributed by atoms with van der Waals surface area (Å²) in [7, 11) is -96.5. The predicted molar refractivity (Wildman–Crippen MR) is 549 cm³/mol. The van der Waals surface area contributed by atoms with Gasteiger partial charge in [0.1, 0.15) is 0 Å². The van der Waals surface area contributed by atoms with Gasteiger partial charge in [0.05, 0.1) is 0 Å². The Morgan fingerprint density at radius 2 is 0.328 bits per heavy atom. The lowest BCUT2D eigenvalue weighted by Gasteiger charge is -2.57. The van der Waals surface area contributed by atoms with Crippen LogP contribution in [0, 0.1) is 0 Å². The Labute approximate surface area is 830 Å². The molecule has 4 heterocycles. The van der Waals surface area contributed by atoms with Gasteiger partial charge in [-0.15, -0.1) is 0 Å². The Bertz CT molecular complexity index is 3150. The highest BCUT2D eigenvalue weighted by Gasteiger charge is 2.88. The topological polar surface area (TPSA) is 389 Å². The van der Waals surface area contributed by atoms with E-state index >= 15 is 4.80 Å². The van der Waals surface area contributed by atoms with Gasteiger partial charge >= 0.3 is 134 Å². The highest BCUT2D eigenvalue weighted by atomic mass is 28.7. The second-order valence-corrected chi connectivity index (χ2v) is 105. The number of rotatable bonds is 78. The van der Waals surface area contributed by atoms with E-state index in [1.54, 1.807) is 0 Å². The molecule has 4 fully saturated rings. The molecular weight excluding hydrogens is 2130 g/mol. The van der Waals surface area contributed by atoms with E-state index in [1.807, 2.05) is 237 Å². The van der Waals surface area contributed by atoms with Crippen molar-refractivity contribution >= 4 is 193 Å². The van der Waals surface area contributed by atoms with Crippen molar-refractivity contribution in [3.63, 3.8) is 0 Å². The van der Waals surface area contributed by atoms with Crippen LogP contribution in [-0.2, 0) is 171 Å². The molecule has 4 aliphatic rings. The van der Waals surface area contributed by atoms with E-state index in [2.05, 4.69) is 0 Å². The fraction of sp³-hybridized carbons (Fsp3) is 1.00. The second-order valence-electron chi connectivity index (χ2n) is 35.5. The van der Waals surface area contributed by atoms with Gasteiger partial charge in [0.25, 0.3) is 0 Å². The van der Waals surface area contributed by atoms with Crippen molar-refractivity contribution < 1.29 is 176 Å². The summed E-state index contributed by atoms with van der Waals surface area (Å²) in [4.78, 5) is 15.4. The molecule has 0 aromatic carbocycles. The van der Waals surface area contributed by atoms with Gasteiger partial charge in [-0.25, -0.2) is 0 Å². The SMILES string of the molecule is CCO[Si](CC[Si](C)(C)O[Si]1O[Si]2(OC)O[Si]3(O[Si](C)(C)CC[Si](OCC)(OCC)OCC)O[Si](O)(O[Si](C)(C)CC[Si](OCC)(OCC)OCC)O[Si]4(O[Si](C)(C)CC[Si](OCC)(OCC)OCC)O[Si](O[Si](C)(C)CC[Si](OCC)(OCC)OCC)(O1)O[Si](O[Si](C)(C)CC[Si](OCC)(OCC)OCC)(O2)O[Si](O[Si](C)(C)CC[Si](OCC)(OCC)OCC)(O3)O4)(OCC)OCC. The smallest absolute Gasteiger partial charge is 0.414 e. The van der Waals surface area contributed by atoms with Gasteiger partial charge in [-0.05, 0) is 279 Å². The maximum Gasteiger partial charge on any atom is 0.660 e. The normalized spacial score (nSPS) is 24.0. The highest BCUT2D eigenvalue weighted by molar-refractivity contribution is 7.02. The molecule has 4 saturated heterocycles. The van der Waals surface area contributed by atoms with Crippen LogP contribution in [0.1, 0.15) is 145 Å². The Morgan fingerprint density at radius 3 is 0.507 bits per heavy atom. The lowest BCUT2D eigenvalue weighted by molar-refractivity contribution is -0.105. The van der Waals surface area contributed by atoms with Crippen LogP contribution in [0.2, 0.25) is 176 Å². The maximum absolute atomic E-state index is 15.4. The summed E-state index contributed by atoms with van der Waals surface area (Å²) >= 11 is 0. The van der Waals surface area contributed by atoms with Crippen molar-refractivity contribution in [1.82, 2.24) is 0 Å². The zero-order valence-electron chi connectivity index (χ0n) is 88.5. The first-order valence-electron chi connectivity index (χ1n) is 48.8. The largest absolute Gasteiger partial charge is 0.660 e. The van der Waals surface area contributed by atoms with E-state index in [4.69, 9.17) is 171 Å². The lowest BCUT2D eigenvalue weighted by atomic mass is 10.9. The molecule has 7 unspecified atom stereocenters. The van der Waals surface area contributed by atoms with Crippen molar-refractivity contribution in [2.24, 2.45) is 0 Å². The molecule has 41 nitrogen and oxygen atoms in total. The summed E-state index contributed by atoms with van der Waals surface area (Å²) in [6.07, 6.45) is 0. The van der Waals surface area contributed by atoms with Gasteiger partial charge in [-0.2, -0.15) is 0 Å². The third-order valence-corrected chi connectivity index (χ3v) is 99.7. The van der Waals surface area contributed by atoms with Crippen LogP contribution in [0.25, 0.3) is 0 Å². The minimum atomic E-state index is -6.22. The van der Waals surface area contributed by atoms with Crippen LogP contribution < -0.4 is 0 Å². The Kier molecular flexibility index (Phi) is 56.0. The van der Waals surface area contributed by atoms with Crippen LogP contribution in [0.5, 0.6) is 0 Å². The molecule has 0 aliphatic carbocycles. The average Bonchev–Trinajstić information content (AvgIpc) is 0.692. The van der Waals surface area contributed by atoms with Gasteiger partial charge in [-0.1, -0.05) is 0 Å². The number of hydrogen-bond donors (Lipinski definition) is 1. The first kappa shape index (κ1) is 129. The molecule has 797 valence electrons. The van der Waals surface area contributed by atoms with E-state index < -0.39 is 193 Å². The van der Waals surface area contributed by atoms with Crippen LogP contribution >= 0.6 is 0 Å². The van der Waals surface area contributed by atoms with E-state index in [0.717, 1.165) is 0 Å². The molecule has 0 spiro atoms. The minimum absolute atomic E-state index is 0.151. The first-order valence-corrected chi connectivity index (χ1v) is 96.9. The monoisotopic (exact) mass is 2300 g/mol. The fourth-order valence-electron chi connectivity index (χ4n) is 15.3. The van der Waals surface area contributed by atoms with Gasteiger partial charge in [0, 0.05) is 188 Å². The maximum atomic E-state index is 15.4. The van der Waals surface area contributed by atoms with Crippen molar-refractivity contribution in [3.8, 4) is 0 Å². The quantitative estimate of drug-likeness (QED) is 0.0553. The highest BCUT2D eigenvalue weighted by Crippen LogP contribution is 2.52. The van der Waals surface area contributed by atoms with Gasteiger partial charge < -0.3 is 176 Å². The van der Waals surface area contributed by atoms with Crippen LogP contribution in [-0.4, -0.2) is 343 Å². The van der Waals surface area contributed by atoms with Gasteiger partial charge in [0.2, 0.25) is 0 Å². The fourth-order valence-corrected chi connectivity index (χ4v) is 111. The predicted octanol–water partition coefficient (Wildman–Crippen LogP) is 14.8. The summed E-state index contributed by atoms with van der Waals surface area (Å²) in [5, 5.41) is 0. The van der Waals surface area contributed by atoms with Crippen LogP contribution in [0.3, 0.4) is 0 Å². The summed E-state index contributed by atoms with van der Waals surface area (Å²) in [5.74, 6) is 0. The third kappa shape index (κ3) is 40.8. The molecular formula is C71H179O41Si22. The second kappa shape index (κ2) is 57.9. The molecule has 63 heteroatoms. The molecule has 0 saturated carbocycles. The zero-order valence-corrected chi connectivity index (χ0v) is 111. The molecule has 0 amide bonds. The molecule has 4 rings (SSSR count). The molecule has 0 aromatic heterocycles. The summed E-state index contributed by atoms with van der Waals surface area (Å²) < 4.78 is 292. The average molecular weight is 2310 g/mol. The Hall–Kier alpha value is 3.13. The van der Waals surface area contributed by atoms with E-state index in [0.29, 0.717) is 25.9 Å². The van der Waals surface area contributed by atoms with E-state index in [-0.39, 0.29) is 197 Å². The number of hydrogen-bond acceptors (Lipinski definition) is 41. The Morgan fingerprint density at radius 1 is 0.187 bits per heavy atom. The van der Waals surface area contributed by atoms with Crippen molar-refractivity contribution in [2.45, 2.75) is 322 Å². The Balaban J connectivity index is 2.73. The van der Waals surface area contributed by atoms with Crippen molar-refractivity contribution in [3.05, 3.63) is 0 Å². The molecule has 4 aliphatic heterocycles. The standard InChI is InChI=1S/C71H179O41Si22/c1-37-74-121(75-38-2,76-39-3)65-58-114(23,24)95-113-96-129(73-22)106-131(100-117(29,30)61-68-124(83-46-10,84-47-11)85-48-12)104-128(72,98-115(25,26)59-66-122(77-40-4,78-41-5)79-42-6)105-132(101-118(31,32)62-69-125(86-49-13,87-50-14)88-51-15)108-130(97-113,99-116(27,28)60-67-123(80-43-7,81-44-8)82-45-9)109-133(107-129,102-119(33,34)63-70-126(89-52-16,90-53-17)91-54-18)112-134(110-131,111-132)103-120(35,36)64-71-127(92-55-19,93-56-20)94-57-21/h72H,37-71H2,1-36H3. The molecule has 0 aromatic rings. The first-order chi connectivity index (χ1) is 62.7. The minimum Gasteiger partial charge on any atom is -0.414 e. The summed E-state index contributed by atoms with van der Waals surface area (Å²) in [5.41, 5.74) is 0. The third-order valence-electron chi connectivity index (χ3n) is 20.6. The van der Waals surface area contributed by atoms with Crippen molar-refractivity contribution in [2.75, 3.05) is 146 Å². The van der Waals surface area contributed by atoms with Crippen LogP contribution in [0.4, 0.5) is 0 Å². The van der Waals surface area contributed by atoms with Gasteiger partial charge in [0.15, 0.2) is 58.2 Å². The van der Waals surface area contributed by atoms with Crippen LogP contribution in [0.15, 0.2) is 0 Å². The van der Waals surface area contributed by atoms with Gasteiger partial charge in [-0.3, -0.25) is 0 Å². The molecule has 134 heavy (non-hydrogen) atoms. The molecule has 6 bridgehead atoms. The lowest BCUT2D eigenvalue weighted by Crippen LogP contribution is -2.88. The van der Waals surface area contributed by atoms with Crippen molar-refractivity contribution in [1.29, 1.82) is 0 Å². The molecule has 1 N–H and O–H groups in total. The molecule has 1 radical (unpaired) electrons. The summed E-state index contributed by atoms with van der Waals surface area (Å²) in [6, 6.07) is 2.81. The molecule has 7 atom stereocenters. The zero-order chi connectivity index (χ0) is 101. The van der Waals surface area contributed by atoms with E-state index in [1.165, 1.54) is 7.11 Å². The number of fused-ring (bicyclic) bond motifs is 4. The summed E-state index contributed by atoms with van der Waals surface area (Å²) in [6.45, 7) is 72.4.